The number of hydrogen-bond acceptors (Lipinski definition) is 0. The normalized spacial score (nSPS) is 10.8. The van der Waals surface area contributed by atoms with E-state index < -0.39 is 6.15 Å². The predicted octanol–water partition coefficient (Wildman–Crippen LogP) is 3.06. The molecule has 0 aliphatic carbocycles. The van der Waals surface area contributed by atoms with Gasteiger partial charge in [0.1, 0.15) is 6.15 Å². The average molecular weight is 371 g/mol. The molecule has 0 saturated carbocycles. The molecule has 0 aromatic heterocycles. The quantitative estimate of drug-likeness (QED) is 0.484. The molecule has 4 rings (SSSR count). The van der Waals surface area contributed by atoms with E-state index >= 15 is 0 Å². The van der Waals surface area contributed by atoms with Gasteiger partial charge in [-0.1, -0.05) is 121 Å². The van der Waals surface area contributed by atoms with Gasteiger partial charge in [-0.05, 0) is 0 Å². The zero-order valence-corrected chi connectivity index (χ0v) is 15.8. The van der Waals surface area contributed by atoms with Crippen LogP contribution >= 0.6 is 0 Å². The molecular weight excluding hydrogens is 351 g/mol. The summed E-state index contributed by atoms with van der Waals surface area (Å²) >= 11 is 0. The molecule has 0 radical (unpaired) electrons. The van der Waals surface area contributed by atoms with Crippen molar-refractivity contribution in [3.8, 4) is 0 Å². The maximum atomic E-state index is 2.26. The van der Waals surface area contributed by atoms with E-state index in [0.717, 1.165) is 0 Å². The van der Waals surface area contributed by atoms with E-state index in [1.807, 2.05) is 0 Å². The minimum absolute atomic E-state index is 0. The van der Waals surface area contributed by atoms with Crippen molar-refractivity contribution in [2.45, 2.75) is 0 Å². The van der Waals surface area contributed by atoms with Gasteiger partial charge in [-0.3, -0.25) is 0 Å². The number of hydrogen-bond donors (Lipinski definition) is 0. The molecule has 0 atom stereocenters. The minimum atomic E-state index is -1.22. The zero-order valence-electron chi connectivity index (χ0n) is 14.5. The first kappa shape index (κ1) is 18.3. The molecule has 0 aliphatic rings. The summed E-state index contributed by atoms with van der Waals surface area (Å²) in [7, 11) is 0. The molecule has 0 N–H and O–H groups in total. The molecule has 0 saturated heterocycles. The first-order chi connectivity index (χ1) is 12.4. The Morgan fingerprint density at radius 1 is 0.308 bits per heavy atom. The van der Waals surface area contributed by atoms with Crippen molar-refractivity contribution < 1.29 is 17.4 Å². The Labute approximate surface area is 166 Å². The molecule has 4 aromatic carbocycles. The second-order valence-corrected chi connectivity index (χ2v) is 6.51. The van der Waals surface area contributed by atoms with Crippen molar-refractivity contribution in [3.05, 3.63) is 121 Å². The van der Waals surface area contributed by atoms with Crippen LogP contribution < -0.4 is 21.9 Å². The van der Waals surface area contributed by atoms with Gasteiger partial charge in [0.15, 0.2) is 0 Å². The fraction of sp³-hybridized carbons (Fsp3) is 0. The van der Waals surface area contributed by atoms with Crippen LogP contribution in [0.25, 0.3) is 0 Å². The van der Waals surface area contributed by atoms with Crippen LogP contribution in [0, 0.1) is 0 Å². The van der Waals surface area contributed by atoms with Crippen molar-refractivity contribution in [1.82, 2.24) is 0 Å². The first-order valence-corrected chi connectivity index (χ1v) is 8.80. The molecule has 0 heterocycles. The largest absolute Gasteiger partial charge is 0.195 e. The molecule has 126 valence electrons. The Hall–Kier alpha value is -2.52. The third kappa shape index (κ3) is 3.15. The van der Waals surface area contributed by atoms with Gasteiger partial charge < -0.3 is 0 Å². The van der Waals surface area contributed by atoms with Crippen LogP contribution in [-0.4, -0.2) is 6.15 Å². The van der Waals surface area contributed by atoms with Crippen molar-refractivity contribution in [2.75, 3.05) is 0 Å². The van der Waals surface area contributed by atoms with Gasteiger partial charge in [0.25, 0.3) is 0 Å². The zero-order chi connectivity index (χ0) is 17.0. The van der Waals surface area contributed by atoms with Crippen molar-refractivity contribution in [1.29, 1.82) is 0 Å². The summed E-state index contributed by atoms with van der Waals surface area (Å²) in [6.45, 7) is 0. The van der Waals surface area contributed by atoms with Gasteiger partial charge in [0.05, 0.1) is 0 Å². The third-order valence-electron chi connectivity index (χ3n) is 5.20. The standard InChI is InChI=1S/C24H20B.Cr/c1-5-13-21(14-6-1)25(22-15-7-2-8-16-22,23-17-9-3-10-18-23)24-19-11-4-12-20-24;/h1-20H;/q-1;. The second-order valence-electron chi connectivity index (χ2n) is 6.51. The van der Waals surface area contributed by atoms with Gasteiger partial charge >= 0.3 is 0 Å². The Bertz CT molecular complexity index is 759. The summed E-state index contributed by atoms with van der Waals surface area (Å²) in [5.74, 6) is 0. The molecule has 0 unspecified atom stereocenters. The molecule has 0 aliphatic heterocycles. The second kappa shape index (κ2) is 8.24. The Morgan fingerprint density at radius 2 is 0.500 bits per heavy atom. The third-order valence-corrected chi connectivity index (χ3v) is 5.20. The summed E-state index contributed by atoms with van der Waals surface area (Å²) in [6, 6.07) is 43.5. The molecule has 4 aromatic rings. The van der Waals surface area contributed by atoms with Crippen LogP contribution in [0.1, 0.15) is 0 Å². The van der Waals surface area contributed by atoms with Crippen LogP contribution in [0.3, 0.4) is 0 Å². The van der Waals surface area contributed by atoms with E-state index in [2.05, 4.69) is 121 Å². The molecule has 0 nitrogen and oxygen atoms in total. The number of benzene rings is 4. The molecule has 0 amide bonds. The van der Waals surface area contributed by atoms with Gasteiger partial charge in [-0.25, -0.2) is 0 Å². The van der Waals surface area contributed by atoms with Crippen LogP contribution in [0.2, 0.25) is 0 Å². The monoisotopic (exact) mass is 371 g/mol. The number of rotatable bonds is 4. The fourth-order valence-corrected chi connectivity index (χ4v) is 4.12. The predicted molar refractivity (Wildman–Crippen MR) is 110 cm³/mol. The van der Waals surface area contributed by atoms with Gasteiger partial charge in [0.2, 0.25) is 0 Å². The summed E-state index contributed by atoms with van der Waals surface area (Å²) in [4.78, 5) is 0. The van der Waals surface area contributed by atoms with Crippen LogP contribution in [-0.2, 0) is 17.4 Å². The van der Waals surface area contributed by atoms with E-state index in [0.29, 0.717) is 0 Å². The minimum Gasteiger partial charge on any atom is -0.195 e. The van der Waals surface area contributed by atoms with Crippen LogP contribution in [0.5, 0.6) is 0 Å². The molecule has 0 bridgehead atoms. The van der Waals surface area contributed by atoms with Crippen molar-refractivity contribution in [2.24, 2.45) is 0 Å². The summed E-state index contributed by atoms with van der Waals surface area (Å²) in [6.07, 6.45) is -1.22. The summed E-state index contributed by atoms with van der Waals surface area (Å²) in [5.41, 5.74) is 5.36. The Morgan fingerprint density at radius 3 is 0.692 bits per heavy atom. The van der Waals surface area contributed by atoms with Crippen LogP contribution in [0.4, 0.5) is 0 Å². The molecule has 0 fully saturated rings. The van der Waals surface area contributed by atoms with E-state index in [1.165, 1.54) is 21.9 Å². The molecule has 2 heteroatoms. The molecular formula is C24H20BCr-. The van der Waals surface area contributed by atoms with Gasteiger partial charge in [0, 0.05) is 17.4 Å². The van der Waals surface area contributed by atoms with Gasteiger partial charge in [-0.15, -0.1) is 0 Å². The Balaban J connectivity index is 0.00000196. The van der Waals surface area contributed by atoms with Gasteiger partial charge in [-0.2, -0.15) is 21.9 Å². The summed E-state index contributed by atoms with van der Waals surface area (Å²) < 4.78 is 0. The van der Waals surface area contributed by atoms with E-state index in [4.69, 9.17) is 0 Å². The average Bonchev–Trinajstić information content (AvgIpc) is 2.72. The molecule has 0 spiro atoms. The molecule has 26 heavy (non-hydrogen) atoms. The topological polar surface area (TPSA) is 0 Å². The van der Waals surface area contributed by atoms with Crippen molar-refractivity contribution in [3.63, 3.8) is 0 Å². The SMILES string of the molecule is [Cr].c1ccc([B-](c2ccccc2)(c2ccccc2)c2ccccc2)cc1. The first-order valence-electron chi connectivity index (χ1n) is 8.80. The van der Waals surface area contributed by atoms with E-state index in [1.54, 1.807) is 0 Å². The fourth-order valence-electron chi connectivity index (χ4n) is 4.12. The van der Waals surface area contributed by atoms with E-state index in [-0.39, 0.29) is 17.4 Å². The van der Waals surface area contributed by atoms with E-state index in [9.17, 15) is 0 Å². The summed E-state index contributed by atoms with van der Waals surface area (Å²) in [5, 5.41) is 0. The van der Waals surface area contributed by atoms with Crippen LogP contribution in [0.15, 0.2) is 121 Å². The maximum Gasteiger partial charge on any atom is 0.108 e. The smallest absolute Gasteiger partial charge is 0.108 e. The van der Waals surface area contributed by atoms with Crippen molar-refractivity contribution >= 4 is 28.0 Å². The Kier molecular flexibility index (Phi) is 5.79. The maximum absolute atomic E-state index is 2.26.